The van der Waals surface area contributed by atoms with E-state index in [9.17, 15) is 9.59 Å². The molecule has 3 rings (SSSR count). The molecular weight excluding hydrogens is 256 g/mol. The quantitative estimate of drug-likeness (QED) is 0.861. The van der Waals surface area contributed by atoms with Crippen molar-refractivity contribution in [3.05, 3.63) is 17.2 Å². The number of carbonyl (C=O) groups is 2. The Morgan fingerprint density at radius 1 is 1.44 bits per heavy atom. The molecule has 0 bridgehead atoms. The van der Waals surface area contributed by atoms with Crippen LogP contribution in [0.15, 0.2) is 12.1 Å². The Morgan fingerprint density at radius 3 is 2.94 bits per heavy atom. The number of ether oxygens (including phenoxy) is 1. The molecule has 0 unspecified atom stereocenters. The van der Waals surface area contributed by atoms with Crippen LogP contribution in [0.25, 0.3) is 0 Å². The number of halogens is 1. The highest BCUT2D eigenvalue weighted by atomic mass is 35.5. The summed E-state index contributed by atoms with van der Waals surface area (Å²) in [6, 6.07) is 3.22. The molecule has 2 aliphatic rings. The van der Waals surface area contributed by atoms with Crippen LogP contribution < -0.4 is 15.4 Å². The summed E-state index contributed by atoms with van der Waals surface area (Å²) in [5.74, 6) is 0.396. The highest BCUT2D eigenvalue weighted by molar-refractivity contribution is 6.34. The molecule has 1 fully saturated rings. The number of hydrogen-bond acceptors (Lipinski definition) is 3. The van der Waals surface area contributed by atoms with E-state index in [-0.39, 0.29) is 24.3 Å². The zero-order chi connectivity index (χ0) is 12.7. The van der Waals surface area contributed by atoms with Crippen molar-refractivity contribution in [1.29, 1.82) is 0 Å². The second-order valence-electron chi connectivity index (χ2n) is 4.43. The maximum Gasteiger partial charge on any atom is 0.262 e. The maximum atomic E-state index is 11.7. The topological polar surface area (TPSA) is 67.4 Å². The van der Waals surface area contributed by atoms with E-state index in [1.165, 1.54) is 0 Å². The van der Waals surface area contributed by atoms with E-state index in [0.29, 0.717) is 22.1 Å². The molecule has 94 valence electrons. The lowest BCUT2D eigenvalue weighted by molar-refractivity contribution is -0.119. The standard InChI is InChI=1S/C12H11ClN2O3/c13-7-3-9-10(18-5-11(16)14-9)4-8(7)15-12(17)6-1-2-6/h3-4,6H,1-2,5H2,(H,14,16)(H,15,17). The second-order valence-corrected chi connectivity index (χ2v) is 4.84. The minimum Gasteiger partial charge on any atom is -0.482 e. The van der Waals surface area contributed by atoms with Crippen LogP contribution in [-0.4, -0.2) is 18.4 Å². The van der Waals surface area contributed by atoms with Gasteiger partial charge in [0.25, 0.3) is 5.91 Å². The number of anilines is 2. The largest absolute Gasteiger partial charge is 0.482 e. The molecular formula is C12H11ClN2O3. The Bertz CT molecular complexity index is 540. The van der Waals surface area contributed by atoms with E-state index in [1.54, 1.807) is 12.1 Å². The van der Waals surface area contributed by atoms with Gasteiger partial charge in [-0.1, -0.05) is 11.6 Å². The normalized spacial score (nSPS) is 17.5. The zero-order valence-electron chi connectivity index (χ0n) is 9.46. The highest BCUT2D eigenvalue weighted by Gasteiger charge is 2.30. The molecule has 2 N–H and O–H groups in total. The van der Waals surface area contributed by atoms with Crippen LogP contribution in [0.1, 0.15) is 12.8 Å². The molecule has 0 spiro atoms. The Hall–Kier alpha value is -1.75. The summed E-state index contributed by atoms with van der Waals surface area (Å²) >= 11 is 6.06. The van der Waals surface area contributed by atoms with Crippen molar-refractivity contribution < 1.29 is 14.3 Å². The van der Waals surface area contributed by atoms with Crippen molar-refractivity contribution in [1.82, 2.24) is 0 Å². The SMILES string of the molecule is O=C1COc2cc(NC(=O)C3CC3)c(Cl)cc2N1. The van der Waals surface area contributed by atoms with Crippen molar-refractivity contribution in [3.63, 3.8) is 0 Å². The summed E-state index contributed by atoms with van der Waals surface area (Å²) in [4.78, 5) is 22.8. The number of carbonyl (C=O) groups excluding carboxylic acids is 2. The van der Waals surface area contributed by atoms with Crippen molar-refractivity contribution in [2.45, 2.75) is 12.8 Å². The average Bonchev–Trinajstić information content (AvgIpc) is 3.14. The van der Waals surface area contributed by atoms with Crippen LogP contribution >= 0.6 is 11.6 Å². The van der Waals surface area contributed by atoms with Gasteiger partial charge in [-0.05, 0) is 18.9 Å². The predicted molar refractivity (Wildman–Crippen MR) is 66.9 cm³/mol. The summed E-state index contributed by atoms with van der Waals surface area (Å²) in [5.41, 5.74) is 1.05. The Kier molecular flexibility index (Phi) is 2.63. The number of rotatable bonds is 2. The van der Waals surface area contributed by atoms with Crippen molar-refractivity contribution in [2.75, 3.05) is 17.2 Å². The monoisotopic (exact) mass is 266 g/mol. The fourth-order valence-corrected chi connectivity index (χ4v) is 1.99. The third kappa shape index (κ3) is 2.13. The third-order valence-corrected chi connectivity index (χ3v) is 3.22. The molecule has 0 atom stereocenters. The first-order valence-corrected chi connectivity index (χ1v) is 6.08. The summed E-state index contributed by atoms with van der Waals surface area (Å²) in [7, 11) is 0. The number of amides is 2. The molecule has 1 heterocycles. The van der Waals surface area contributed by atoms with Crippen molar-refractivity contribution in [2.24, 2.45) is 5.92 Å². The summed E-state index contributed by atoms with van der Waals surface area (Å²) in [6.07, 6.45) is 1.86. The highest BCUT2D eigenvalue weighted by Crippen LogP contribution is 2.37. The number of hydrogen-bond donors (Lipinski definition) is 2. The minimum absolute atomic E-state index is 0.0169. The molecule has 0 radical (unpaired) electrons. The van der Waals surface area contributed by atoms with E-state index in [2.05, 4.69) is 10.6 Å². The van der Waals surface area contributed by atoms with Gasteiger partial charge in [0.2, 0.25) is 5.91 Å². The van der Waals surface area contributed by atoms with Gasteiger partial charge in [0.15, 0.2) is 6.61 Å². The minimum atomic E-state index is -0.215. The average molecular weight is 267 g/mol. The first-order chi connectivity index (χ1) is 8.63. The van der Waals surface area contributed by atoms with E-state index in [0.717, 1.165) is 12.8 Å². The van der Waals surface area contributed by atoms with Gasteiger partial charge in [0, 0.05) is 12.0 Å². The summed E-state index contributed by atoms with van der Waals surface area (Å²) < 4.78 is 5.27. The van der Waals surface area contributed by atoms with Crippen LogP contribution in [0.4, 0.5) is 11.4 Å². The molecule has 0 saturated heterocycles. The zero-order valence-corrected chi connectivity index (χ0v) is 10.2. The van der Waals surface area contributed by atoms with Crippen molar-refractivity contribution in [3.8, 4) is 5.75 Å². The molecule has 1 aromatic carbocycles. The molecule has 18 heavy (non-hydrogen) atoms. The van der Waals surface area contributed by atoms with Crippen LogP contribution in [0.2, 0.25) is 5.02 Å². The molecule has 0 aromatic heterocycles. The van der Waals surface area contributed by atoms with E-state index in [4.69, 9.17) is 16.3 Å². The fourth-order valence-electron chi connectivity index (χ4n) is 1.78. The van der Waals surface area contributed by atoms with Gasteiger partial charge in [-0.2, -0.15) is 0 Å². The first-order valence-electron chi connectivity index (χ1n) is 5.70. The van der Waals surface area contributed by atoms with Gasteiger partial charge in [-0.25, -0.2) is 0 Å². The van der Waals surface area contributed by atoms with Crippen LogP contribution in [0.3, 0.4) is 0 Å². The van der Waals surface area contributed by atoms with Crippen LogP contribution in [0.5, 0.6) is 5.75 Å². The number of benzene rings is 1. The molecule has 1 aromatic rings. The molecule has 1 saturated carbocycles. The van der Waals surface area contributed by atoms with E-state index < -0.39 is 0 Å². The van der Waals surface area contributed by atoms with E-state index in [1.807, 2.05) is 0 Å². The van der Waals surface area contributed by atoms with Gasteiger partial charge in [0.05, 0.1) is 16.4 Å². The Morgan fingerprint density at radius 2 is 2.22 bits per heavy atom. The molecule has 2 amide bonds. The Balaban J connectivity index is 1.86. The molecule has 1 aliphatic carbocycles. The molecule has 5 nitrogen and oxygen atoms in total. The first kappa shape index (κ1) is 11.3. The number of fused-ring (bicyclic) bond motifs is 1. The van der Waals surface area contributed by atoms with E-state index >= 15 is 0 Å². The lowest BCUT2D eigenvalue weighted by Gasteiger charge is -2.19. The summed E-state index contributed by atoms with van der Waals surface area (Å²) in [5, 5.41) is 5.81. The van der Waals surface area contributed by atoms with Crippen LogP contribution in [0, 0.1) is 5.92 Å². The lowest BCUT2D eigenvalue weighted by atomic mass is 10.2. The maximum absolute atomic E-state index is 11.7. The van der Waals surface area contributed by atoms with Gasteiger partial charge in [-0.3, -0.25) is 9.59 Å². The smallest absolute Gasteiger partial charge is 0.262 e. The summed E-state index contributed by atoms with van der Waals surface area (Å²) in [6.45, 7) is -0.0232. The Labute approximate surface area is 108 Å². The van der Waals surface area contributed by atoms with Gasteiger partial charge in [-0.15, -0.1) is 0 Å². The predicted octanol–water partition coefficient (Wildman–Crippen LogP) is 2.02. The fraction of sp³-hybridized carbons (Fsp3) is 0.333. The third-order valence-electron chi connectivity index (χ3n) is 2.91. The molecule has 1 aliphatic heterocycles. The number of nitrogens with one attached hydrogen (secondary N) is 2. The van der Waals surface area contributed by atoms with Crippen molar-refractivity contribution >= 4 is 34.8 Å². The van der Waals surface area contributed by atoms with Crippen LogP contribution in [-0.2, 0) is 9.59 Å². The molecule has 6 heteroatoms. The lowest BCUT2D eigenvalue weighted by Crippen LogP contribution is -2.25. The second kappa shape index (κ2) is 4.17. The van der Waals surface area contributed by atoms with Gasteiger partial charge >= 0.3 is 0 Å². The van der Waals surface area contributed by atoms with Gasteiger partial charge < -0.3 is 15.4 Å². The van der Waals surface area contributed by atoms with Gasteiger partial charge in [0.1, 0.15) is 5.75 Å².